The standard InChI is InChI=1S/C25H22BNO2/c1-25(2,3)18-12-16-5-4-15-6-9-20(22-11-8-19(14-27-22)29-26-28)21-10-7-17(13-18)23(16)24(15)21/h4-14,26,28H,1-3H3. The molecule has 29 heavy (non-hydrogen) atoms. The van der Waals surface area contributed by atoms with Crippen LogP contribution in [0.15, 0.2) is 66.9 Å². The van der Waals surface area contributed by atoms with Crippen molar-refractivity contribution in [3.63, 3.8) is 0 Å². The first kappa shape index (κ1) is 18.0. The normalized spacial score (nSPS) is 12.1. The Hall–Kier alpha value is -3.11. The molecular weight excluding hydrogens is 357 g/mol. The van der Waals surface area contributed by atoms with E-state index in [1.807, 2.05) is 12.1 Å². The van der Waals surface area contributed by atoms with E-state index in [4.69, 9.17) is 9.68 Å². The van der Waals surface area contributed by atoms with Crippen LogP contribution in [-0.4, -0.2) is 17.7 Å². The Kier molecular flexibility index (Phi) is 4.00. The SMILES string of the molecule is CC(C)(C)c1cc2ccc3ccc(-c4ccc(OBO)cn4)c4ccc(c1)c2c34. The van der Waals surface area contributed by atoms with Crippen molar-refractivity contribution in [1.29, 1.82) is 0 Å². The van der Waals surface area contributed by atoms with E-state index < -0.39 is 0 Å². The van der Waals surface area contributed by atoms with Crippen molar-refractivity contribution >= 4 is 40.0 Å². The lowest BCUT2D eigenvalue weighted by atomic mass is 9.83. The van der Waals surface area contributed by atoms with Gasteiger partial charge in [0.2, 0.25) is 0 Å². The predicted molar refractivity (Wildman–Crippen MR) is 122 cm³/mol. The molecule has 0 aliphatic carbocycles. The van der Waals surface area contributed by atoms with Gasteiger partial charge in [0.05, 0.1) is 11.9 Å². The molecule has 5 aromatic rings. The summed E-state index contributed by atoms with van der Waals surface area (Å²) in [4.78, 5) is 4.56. The average Bonchev–Trinajstić information content (AvgIpc) is 2.72. The lowest BCUT2D eigenvalue weighted by Crippen LogP contribution is -2.10. The molecule has 1 aromatic heterocycles. The molecule has 3 nitrogen and oxygen atoms in total. The highest BCUT2D eigenvalue weighted by Gasteiger charge is 2.18. The van der Waals surface area contributed by atoms with Crippen molar-refractivity contribution in [2.24, 2.45) is 0 Å². The fourth-order valence-electron chi connectivity index (χ4n) is 4.18. The van der Waals surface area contributed by atoms with Gasteiger partial charge in [-0.05, 0) is 55.4 Å². The van der Waals surface area contributed by atoms with Crippen LogP contribution in [0.25, 0.3) is 43.6 Å². The molecule has 0 saturated carbocycles. The summed E-state index contributed by atoms with van der Waals surface area (Å²) in [6.07, 6.45) is 1.65. The molecule has 0 aliphatic heterocycles. The number of rotatable bonds is 3. The molecule has 0 atom stereocenters. The van der Waals surface area contributed by atoms with Gasteiger partial charge in [0, 0.05) is 5.56 Å². The highest BCUT2D eigenvalue weighted by atomic mass is 16.5. The minimum absolute atomic E-state index is 0.109. The van der Waals surface area contributed by atoms with Crippen LogP contribution in [0.4, 0.5) is 0 Å². The molecule has 0 unspecified atom stereocenters. The Bertz CT molecular complexity index is 1320. The van der Waals surface area contributed by atoms with Crippen molar-refractivity contribution in [3.05, 3.63) is 72.4 Å². The molecule has 5 rings (SSSR count). The second kappa shape index (κ2) is 6.46. The van der Waals surface area contributed by atoms with E-state index in [1.54, 1.807) is 6.20 Å². The Balaban J connectivity index is 1.78. The van der Waals surface area contributed by atoms with Gasteiger partial charge in [-0.3, -0.25) is 4.98 Å². The maximum absolute atomic E-state index is 8.92. The van der Waals surface area contributed by atoms with Crippen LogP contribution < -0.4 is 4.65 Å². The first-order valence-electron chi connectivity index (χ1n) is 9.88. The molecule has 0 fully saturated rings. The minimum Gasteiger partial charge on any atom is -0.538 e. The lowest BCUT2D eigenvalue weighted by molar-refractivity contribution is 0.452. The van der Waals surface area contributed by atoms with Crippen molar-refractivity contribution < 1.29 is 9.68 Å². The van der Waals surface area contributed by atoms with Crippen LogP contribution in [0.1, 0.15) is 26.3 Å². The third-order valence-electron chi connectivity index (χ3n) is 5.71. The largest absolute Gasteiger partial charge is 0.538 e. The second-order valence-corrected chi connectivity index (χ2v) is 8.59. The zero-order chi connectivity index (χ0) is 20.2. The van der Waals surface area contributed by atoms with Crippen LogP contribution in [0.2, 0.25) is 0 Å². The summed E-state index contributed by atoms with van der Waals surface area (Å²) in [7, 11) is -0.351. The molecule has 4 aromatic carbocycles. The van der Waals surface area contributed by atoms with Gasteiger partial charge in [-0.25, -0.2) is 0 Å². The van der Waals surface area contributed by atoms with Crippen LogP contribution in [0.3, 0.4) is 0 Å². The molecule has 1 heterocycles. The van der Waals surface area contributed by atoms with E-state index >= 15 is 0 Å². The monoisotopic (exact) mass is 379 g/mol. The summed E-state index contributed by atoms with van der Waals surface area (Å²) in [5.74, 6) is 0.559. The van der Waals surface area contributed by atoms with Crippen LogP contribution >= 0.6 is 0 Å². The Labute approximate surface area is 170 Å². The Morgan fingerprint density at radius 3 is 2.17 bits per heavy atom. The molecule has 0 aliphatic rings. The molecule has 0 radical (unpaired) electrons. The van der Waals surface area contributed by atoms with Crippen molar-refractivity contribution in [1.82, 2.24) is 4.98 Å². The third-order valence-corrected chi connectivity index (χ3v) is 5.71. The second-order valence-electron chi connectivity index (χ2n) is 8.59. The zero-order valence-corrected chi connectivity index (χ0v) is 16.9. The molecule has 0 amide bonds. The van der Waals surface area contributed by atoms with E-state index in [-0.39, 0.29) is 13.1 Å². The predicted octanol–water partition coefficient (Wildman–Crippen LogP) is 5.58. The highest BCUT2D eigenvalue weighted by Crippen LogP contribution is 2.40. The third kappa shape index (κ3) is 2.92. The van der Waals surface area contributed by atoms with E-state index in [9.17, 15) is 0 Å². The molecular formula is C25H22BNO2. The van der Waals surface area contributed by atoms with Gasteiger partial charge in [0.15, 0.2) is 0 Å². The van der Waals surface area contributed by atoms with E-state index in [2.05, 4.69) is 74.3 Å². The van der Waals surface area contributed by atoms with Gasteiger partial charge in [-0.1, -0.05) is 69.3 Å². The topological polar surface area (TPSA) is 42.4 Å². The summed E-state index contributed by atoms with van der Waals surface area (Å²) < 4.78 is 5.11. The number of hydrogen-bond acceptors (Lipinski definition) is 3. The van der Waals surface area contributed by atoms with Gasteiger partial charge in [-0.2, -0.15) is 0 Å². The Morgan fingerprint density at radius 2 is 1.52 bits per heavy atom. The van der Waals surface area contributed by atoms with Crippen molar-refractivity contribution in [3.8, 4) is 17.0 Å². The highest BCUT2D eigenvalue weighted by molar-refractivity contribution is 6.25. The van der Waals surface area contributed by atoms with Gasteiger partial charge < -0.3 is 9.68 Å². The summed E-state index contributed by atoms with van der Waals surface area (Å²) in [6.45, 7) is 6.77. The van der Waals surface area contributed by atoms with Crippen molar-refractivity contribution in [2.45, 2.75) is 26.2 Å². The molecule has 1 N–H and O–H groups in total. The van der Waals surface area contributed by atoms with Gasteiger partial charge in [-0.15, -0.1) is 0 Å². The van der Waals surface area contributed by atoms with Crippen LogP contribution in [-0.2, 0) is 5.41 Å². The van der Waals surface area contributed by atoms with Crippen molar-refractivity contribution in [2.75, 3.05) is 0 Å². The molecule has 0 saturated heterocycles. The molecule has 0 bridgehead atoms. The maximum atomic E-state index is 8.92. The van der Waals surface area contributed by atoms with E-state index in [1.165, 1.54) is 37.9 Å². The summed E-state index contributed by atoms with van der Waals surface area (Å²) in [5.41, 5.74) is 3.45. The van der Waals surface area contributed by atoms with E-state index in [0.717, 1.165) is 11.3 Å². The first-order valence-corrected chi connectivity index (χ1v) is 9.88. The average molecular weight is 379 g/mol. The van der Waals surface area contributed by atoms with E-state index in [0.29, 0.717) is 5.75 Å². The molecule has 4 heteroatoms. The number of hydrogen-bond donors (Lipinski definition) is 1. The quantitative estimate of drug-likeness (QED) is 0.329. The molecule has 0 spiro atoms. The number of aromatic nitrogens is 1. The van der Waals surface area contributed by atoms with Gasteiger partial charge in [0.25, 0.3) is 0 Å². The summed E-state index contributed by atoms with van der Waals surface area (Å²) in [5, 5.41) is 16.5. The zero-order valence-electron chi connectivity index (χ0n) is 16.9. The van der Waals surface area contributed by atoms with Crippen LogP contribution in [0.5, 0.6) is 5.75 Å². The smallest absolute Gasteiger partial charge is 0.504 e. The fourth-order valence-corrected chi connectivity index (χ4v) is 4.18. The maximum Gasteiger partial charge on any atom is 0.504 e. The van der Waals surface area contributed by atoms with Gasteiger partial charge in [0.1, 0.15) is 5.75 Å². The number of pyridine rings is 1. The molecule has 142 valence electrons. The number of benzene rings is 4. The summed E-state index contributed by atoms with van der Waals surface area (Å²) in [6, 6.07) is 21.6. The minimum atomic E-state index is -0.351. The van der Waals surface area contributed by atoms with Crippen LogP contribution in [0, 0.1) is 0 Å². The van der Waals surface area contributed by atoms with Gasteiger partial charge >= 0.3 is 7.69 Å². The lowest BCUT2D eigenvalue weighted by Gasteiger charge is -2.22. The number of nitrogens with zero attached hydrogens (tertiary/aromatic N) is 1. The summed E-state index contributed by atoms with van der Waals surface area (Å²) >= 11 is 0. The first-order chi connectivity index (χ1) is 14.0. The Morgan fingerprint density at radius 1 is 0.828 bits per heavy atom. The fraction of sp³-hybridized carbons (Fsp3) is 0.160.